The molecule has 3 rings (SSSR count). The maximum atomic E-state index is 13.0. The number of hydrogen-bond acceptors (Lipinski definition) is 4. The Morgan fingerprint density at radius 3 is 2.80 bits per heavy atom. The van der Waals surface area contributed by atoms with E-state index in [1.54, 1.807) is 13.0 Å². The van der Waals surface area contributed by atoms with E-state index < -0.39 is 11.7 Å². The van der Waals surface area contributed by atoms with Gasteiger partial charge in [-0.25, -0.2) is 4.99 Å². The van der Waals surface area contributed by atoms with Crippen LogP contribution in [0.3, 0.4) is 0 Å². The third-order valence-electron chi connectivity index (χ3n) is 5.15. The van der Waals surface area contributed by atoms with E-state index in [1.807, 2.05) is 18.5 Å². The molecule has 1 aliphatic rings. The Labute approximate surface area is 173 Å². The molecule has 1 fully saturated rings. The highest BCUT2D eigenvalue weighted by Crippen LogP contribution is 2.30. The fraction of sp³-hybridized carbons (Fsp3) is 0.550. The second-order valence-corrected chi connectivity index (χ2v) is 7.39. The van der Waals surface area contributed by atoms with Gasteiger partial charge in [-0.15, -0.1) is 10.2 Å². The monoisotopic (exact) mass is 424 g/mol. The molecule has 2 heterocycles. The minimum Gasteiger partial charge on any atom is -0.376 e. The minimum atomic E-state index is -4.38. The van der Waals surface area contributed by atoms with Gasteiger partial charge in [0.25, 0.3) is 0 Å². The number of alkyl halides is 3. The lowest BCUT2D eigenvalue weighted by atomic mass is 10.1. The Bertz CT molecular complexity index is 874. The van der Waals surface area contributed by atoms with Crippen molar-refractivity contribution in [2.24, 2.45) is 12.0 Å². The van der Waals surface area contributed by atoms with Crippen LogP contribution in [0.25, 0.3) is 0 Å². The molecule has 164 valence electrons. The number of aliphatic imine (C=N–C) groups is 1. The molecule has 2 aromatic rings. The average Bonchev–Trinajstić information content (AvgIpc) is 3.34. The summed E-state index contributed by atoms with van der Waals surface area (Å²) in [6.45, 7) is 5.24. The topological polar surface area (TPSA) is 76.4 Å². The van der Waals surface area contributed by atoms with Crippen LogP contribution in [0.4, 0.5) is 13.2 Å². The van der Waals surface area contributed by atoms with E-state index in [2.05, 4.69) is 25.8 Å². The van der Waals surface area contributed by atoms with E-state index in [0.29, 0.717) is 23.9 Å². The lowest BCUT2D eigenvalue weighted by Gasteiger charge is -2.21. The fourth-order valence-electron chi connectivity index (χ4n) is 3.18. The van der Waals surface area contributed by atoms with Gasteiger partial charge in [-0.3, -0.25) is 0 Å². The van der Waals surface area contributed by atoms with Gasteiger partial charge < -0.3 is 19.9 Å². The van der Waals surface area contributed by atoms with Crippen molar-refractivity contribution in [3.05, 3.63) is 47.0 Å². The quantitative estimate of drug-likeness (QED) is 0.551. The second-order valence-electron chi connectivity index (χ2n) is 7.39. The largest absolute Gasteiger partial charge is 0.416 e. The van der Waals surface area contributed by atoms with Crippen LogP contribution in [0, 0.1) is 6.92 Å². The molecule has 0 saturated carbocycles. The molecule has 0 spiro atoms. The number of aryl methyl sites for hydroxylation is 1. The van der Waals surface area contributed by atoms with Crippen molar-refractivity contribution in [3.63, 3.8) is 0 Å². The molecule has 2 atom stereocenters. The van der Waals surface area contributed by atoms with Crippen LogP contribution in [0.15, 0.2) is 29.3 Å². The van der Waals surface area contributed by atoms with Gasteiger partial charge in [-0.2, -0.15) is 13.2 Å². The summed E-state index contributed by atoms with van der Waals surface area (Å²) >= 11 is 0. The van der Waals surface area contributed by atoms with Gasteiger partial charge in [0, 0.05) is 20.2 Å². The molecule has 0 aliphatic carbocycles. The highest BCUT2D eigenvalue weighted by atomic mass is 19.4. The summed E-state index contributed by atoms with van der Waals surface area (Å²) in [4.78, 5) is 4.56. The third kappa shape index (κ3) is 5.71. The van der Waals surface area contributed by atoms with Crippen LogP contribution in [-0.2, 0) is 24.5 Å². The Hall–Kier alpha value is -2.62. The number of rotatable bonds is 6. The zero-order valence-corrected chi connectivity index (χ0v) is 17.3. The fourth-order valence-corrected chi connectivity index (χ4v) is 3.18. The Morgan fingerprint density at radius 2 is 2.17 bits per heavy atom. The number of nitrogens with zero attached hydrogens (tertiary/aromatic N) is 4. The van der Waals surface area contributed by atoms with E-state index in [4.69, 9.17) is 4.74 Å². The summed E-state index contributed by atoms with van der Waals surface area (Å²) in [5.74, 6) is 1.95. The normalized spacial score (nSPS) is 18.5. The van der Waals surface area contributed by atoms with Crippen molar-refractivity contribution in [3.8, 4) is 0 Å². The zero-order chi connectivity index (χ0) is 21.7. The summed E-state index contributed by atoms with van der Waals surface area (Å²) in [6.07, 6.45) is -2.30. The summed E-state index contributed by atoms with van der Waals surface area (Å²) in [6, 6.07) is 4.91. The maximum Gasteiger partial charge on any atom is 0.416 e. The summed E-state index contributed by atoms with van der Waals surface area (Å²) < 4.78 is 46.6. The van der Waals surface area contributed by atoms with Crippen molar-refractivity contribution in [2.75, 3.05) is 13.2 Å². The highest BCUT2D eigenvalue weighted by molar-refractivity contribution is 5.80. The molecule has 2 unspecified atom stereocenters. The molecule has 1 aliphatic heterocycles. The van der Waals surface area contributed by atoms with E-state index >= 15 is 0 Å². The van der Waals surface area contributed by atoms with Crippen molar-refractivity contribution < 1.29 is 17.9 Å². The molecule has 2 N–H and O–H groups in total. The number of benzene rings is 1. The molecular formula is C20H27F3N6O. The molecule has 0 bridgehead atoms. The van der Waals surface area contributed by atoms with Crippen molar-refractivity contribution in [1.29, 1.82) is 0 Å². The molecule has 1 aromatic carbocycles. The van der Waals surface area contributed by atoms with Crippen LogP contribution in [0.2, 0.25) is 0 Å². The van der Waals surface area contributed by atoms with Gasteiger partial charge in [0.2, 0.25) is 0 Å². The molecule has 1 aromatic heterocycles. The lowest BCUT2D eigenvalue weighted by Crippen LogP contribution is -2.42. The van der Waals surface area contributed by atoms with E-state index in [1.165, 1.54) is 6.07 Å². The SMILES string of the molecule is Cc1nnc(CN=C(NCC2CCCO2)NC(C)c2cccc(C(F)(F)F)c2)n1C. The third-order valence-corrected chi connectivity index (χ3v) is 5.15. The van der Waals surface area contributed by atoms with Crippen LogP contribution < -0.4 is 10.6 Å². The molecule has 7 nitrogen and oxygen atoms in total. The second kappa shape index (κ2) is 9.46. The van der Waals surface area contributed by atoms with Gasteiger partial charge in [-0.1, -0.05) is 12.1 Å². The van der Waals surface area contributed by atoms with Gasteiger partial charge in [0.1, 0.15) is 12.4 Å². The summed E-state index contributed by atoms with van der Waals surface area (Å²) in [5, 5.41) is 14.6. The number of ether oxygens (including phenoxy) is 1. The number of hydrogen-bond donors (Lipinski definition) is 2. The molecule has 10 heteroatoms. The van der Waals surface area contributed by atoms with E-state index in [9.17, 15) is 13.2 Å². The smallest absolute Gasteiger partial charge is 0.376 e. The first-order valence-corrected chi connectivity index (χ1v) is 9.92. The number of nitrogens with one attached hydrogen (secondary N) is 2. The first-order valence-electron chi connectivity index (χ1n) is 9.92. The maximum absolute atomic E-state index is 13.0. The molecular weight excluding hydrogens is 397 g/mol. The predicted octanol–water partition coefficient (Wildman–Crippen LogP) is 3.12. The first-order chi connectivity index (χ1) is 14.2. The van der Waals surface area contributed by atoms with Gasteiger partial charge in [0.15, 0.2) is 11.8 Å². The molecule has 0 radical (unpaired) electrons. The van der Waals surface area contributed by atoms with Gasteiger partial charge >= 0.3 is 6.18 Å². The van der Waals surface area contributed by atoms with Crippen LogP contribution >= 0.6 is 0 Å². The van der Waals surface area contributed by atoms with Gasteiger partial charge in [0.05, 0.1) is 17.7 Å². The molecule has 1 saturated heterocycles. The van der Waals surface area contributed by atoms with Crippen molar-refractivity contribution in [1.82, 2.24) is 25.4 Å². The number of aromatic nitrogens is 3. The lowest BCUT2D eigenvalue weighted by molar-refractivity contribution is -0.137. The summed E-state index contributed by atoms with van der Waals surface area (Å²) in [7, 11) is 1.86. The van der Waals surface area contributed by atoms with Crippen molar-refractivity contribution in [2.45, 2.75) is 51.6 Å². The molecule has 30 heavy (non-hydrogen) atoms. The number of guanidine groups is 1. The zero-order valence-electron chi connectivity index (χ0n) is 17.3. The van der Waals surface area contributed by atoms with Gasteiger partial charge in [-0.05, 0) is 44.4 Å². The van der Waals surface area contributed by atoms with Crippen molar-refractivity contribution >= 4 is 5.96 Å². The van der Waals surface area contributed by atoms with Crippen LogP contribution in [0.5, 0.6) is 0 Å². The van der Waals surface area contributed by atoms with E-state index in [0.717, 1.165) is 37.4 Å². The Kier molecular flexibility index (Phi) is 6.96. The Morgan fingerprint density at radius 1 is 1.37 bits per heavy atom. The standard InChI is InChI=1S/C20H27F3N6O/c1-13(15-6-4-7-16(10-15)20(21,22)23)26-19(24-11-17-8-5-9-30-17)25-12-18-28-27-14(2)29(18)3/h4,6-7,10,13,17H,5,8-9,11-12H2,1-3H3,(H2,24,25,26). The highest BCUT2D eigenvalue weighted by Gasteiger charge is 2.30. The molecule has 0 amide bonds. The minimum absolute atomic E-state index is 0.0953. The van der Waals surface area contributed by atoms with Crippen LogP contribution in [0.1, 0.15) is 48.6 Å². The van der Waals surface area contributed by atoms with E-state index in [-0.39, 0.29) is 18.7 Å². The summed E-state index contributed by atoms with van der Waals surface area (Å²) in [5.41, 5.74) is -0.153. The average molecular weight is 424 g/mol. The first kappa shape index (κ1) is 22.1. The predicted molar refractivity (Wildman–Crippen MR) is 107 cm³/mol. The number of halogens is 3. The van der Waals surface area contributed by atoms with Crippen LogP contribution in [-0.4, -0.2) is 40.0 Å². The Balaban J connectivity index is 1.73.